The van der Waals surface area contributed by atoms with Gasteiger partial charge < -0.3 is 4.90 Å². The van der Waals surface area contributed by atoms with Crippen molar-refractivity contribution in [3.8, 4) is 0 Å². The zero-order valence-electron chi connectivity index (χ0n) is 13.2. The first-order chi connectivity index (χ1) is 10.1. The number of benzene rings is 1. The van der Waals surface area contributed by atoms with Gasteiger partial charge in [0.15, 0.2) is 0 Å². The number of aryl methyl sites for hydroxylation is 1. The van der Waals surface area contributed by atoms with E-state index in [2.05, 4.69) is 59.2 Å². The second-order valence-corrected chi connectivity index (χ2v) is 6.02. The van der Waals surface area contributed by atoms with Gasteiger partial charge in [-0.2, -0.15) is 5.10 Å². The predicted molar refractivity (Wildman–Crippen MR) is 86.5 cm³/mol. The molecule has 1 aromatic heterocycles. The van der Waals surface area contributed by atoms with Gasteiger partial charge in [0.2, 0.25) is 0 Å². The van der Waals surface area contributed by atoms with Crippen LogP contribution < -0.4 is 4.90 Å². The molecule has 0 fully saturated rings. The van der Waals surface area contributed by atoms with E-state index in [4.69, 9.17) is 0 Å². The molecule has 2 heterocycles. The molecule has 0 spiro atoms. The Balaban J connectivity index is 1.75. The minimum atomic E-state index is 0.552. The van der Waals surface area contributed by atoms with E-state index in [1.807, 2.05) is 17.9 Å². The lowest BCUT2D eigenvalue weighted by molar-refractivity contribution is 0.210. The second kappa shape index (κ2) is 5.90. The summed E-state index contributed by atoms with van der Waals surface area (Å²) in [5, 5.41) is 4.26. The fraction of sp³-hybridized carbons (Fsp3) is 0.471. The largest absolute Gasteiger partial charge is 0.373 e. The van der Waals surface area contributed by atoms with E-state index in [9.17, 15) is 0 Å². The van der Waals surface area contributed by atoms with Crippen molar-refractivity contribution >= 4 is 5.69 Å². The molecule has 4 nitrogen and oxygen atoms in total. The van der Waals surface area contributed by atoms with Crippen LogP contribution >= 0.6 is 0 Å². The molecule has 112 valence electrons. The van der Waals surface area contributed by atoms with Crippen molar-refractivity contribution in [1.82, 2.24) is 14.7 Å². The summed E-state index contributed by atoms with van der Waals surface area (Å²) in [4.78, 5) is 4.96. The molecule has 4 heteroatoms. The Kier molecular flexibility index (Phi) is 3.97. The molecule has 3 rings (SSSR count). The van der Waals surface area contributed by atoms with Gasteiger partial charge in [0.05, 0.1) is 0 Å². The predicted octanol–water partition coefficient (Wildman–Crippen LogP) is 2.30. The average Bonchev–Trinajstić information content (AvgIpc) is 2.83. The number of hydrogen-bond acceptors (Lipinski definition) is 3. The number of hydrogen-bond donors (Lipinski definition) is 0. The van der Waals surface area contributed by atoms with Crippen LogP contribution in [0.15, 0.2) is 36.5 Å². The fourth-order valence-corrected chi connectivity index (χ4v) is 3.21. The van der Waals surface area contributed by atoms with E-state index in [1.165, 1.54) is 16.9 Å². The van der Waals surface area contributed by atoms with Gasteiger partial charge in [-0.1, -0.05) is 18.2 Å². The molecule has 0 N–H and O–H groups in total. The van der Waals surface area contributed by atoms with Crippen LogP contribution in [0.25, 0.3) is 0 Å². The summed E-state index contributed by atoms with van der Waals surface area (Å²) in [5.41, 5.74) is 4.09. The van der Waals surface area contributed by atoms with E-state index >= 15 is 0 Å². The maximum atomic E-state index is 4.26. The summed E-state index contributed by atoms with van der Waals surface area (Å²) in [6, 6.07) is 11.4. The molecule has 1 aromatic carbocycles. The van der Waals surface area contributed by atoms with Crippen molar-refractivity contribution < 1.29 is 0 Å². The Morgan fingerprint density at radius 3 is 2.76 bits per heavy atom. The second-order valence-electron chi connectivity index (χ2n) is 6.02. The Hall–Kier alpha value is -1.81. The van der Waals surface area contributed by atoms with E-state index in [-0.39, 0.29) is 0 Å². The number of likely N-dealkylation sites (N-methyl/N-ethyl adjacent to an activating group) is 1. The van der Waals surface area contributed by atoms with Gasteiger partial charge in [-0.25, -0.2) is 0 Å². The maximum absolute atomic E-state index is 4.26. The van der Waals surface area contributed by atoms with Crippen molar-refractivity contribution in [2.45, 2.75) is 25.9 Å². The summed E-state index contributed by atoms with van der Waals surface area (Å²) in [6.45, 7) is 5.50. The van der Waals surface area contributed by atoms with Crippen LogP contribution in [0.4, 0.5) is 5.69 Å². The first-order valence-corrected chi connectivity index (χ1v) is 7.65. The van der Waals surface area contributed by atoms with E-state index in [0.29, 0.717) is 6.04 Å². The molecule has 0 radical (unpaired) electrons. The molecule has 1 unspecified atom stereocenters. The molecule has 0 aliphatic carbocycles. The topological polar surface area (TPSA) is 24.3 Å². The van der Waals surface area contributed by atoms with Crippen LogP contribution in [0.3, 0.4) is 0 Å². The smallest absolute Gasteiger partial charge is 0.0492 e. The Morgan fingerprint density at radius 2 is 2.00 bits per heavy atom. The third-order valence-electron chi connectivity index (χ3n) is 4.52. The highest BCUT2D eigenvalue weighted by atomic mass is 15.3. The summed E-state index contributed by atoms with van der Waals surface area (Å²) >= 11 is 0. The zero-order chi connectivity index (χ0) is 14.8. The molecule has 0 saturated heterocycles. The molecular formula is C17H24N4. The molecule has 1 atom stereocenters. The highest BCUT2D eigenvalue weighted by Gasteiger charge is 2.22. The first-order valence-electron chi connectivity index (χ1n) is 7.65. The molecule has 0 saturated carbocycles. The van der Waals surface area contributed by atoms with Gasteiger partial charge in [-0.3, -0.25) is 9.58 Å². The van der Waals surface area contributed by atoms with Crippen LogP contribution in [-0.4, -0.2) is 40.9 Å². The third kappa shape index (κ3) is 2.95. The maximum Gasteiger partial charge on any atom is 0.0492 e. The van der Waals surface area contributed by atoms with Gasteiger partial charge in [0, 0.05) is 63.8 Å². The lowest BCUT2D eigenvalue weighted by Crippen LogP contribution is -2.39. The summed E-state index contributed by atoms with van der Waals surface area (Å²) in [5.74, 6) is 0. The number of anilines is 1. The molecule has 0 bridgehead atoms. The molecular weight excluding hydrogens is 260 g/mol. The lowest BCUT2D eigenvalue weighted by atomic mass is 10.1. The van der Waals surface area contributed by atoms with E-state index < -0.39 is 0 Å². The number of aromatic nitrogens is 2. The molecule has 0 amide bonds. The summed E-state index contributed by atoms with van der Waals surface area (Å²) < 4.78 is 1.97. The van der Waals surface area contributed by atoms with Crippen molar-refractivity contribution in [2.24, 2.45) is 7.05 Å². The third-order valence-corrected chi connectivity index (χ3v) is 4.52. The van der Waals surface area contributed by atoms with Gasteiger partial charge >= 0.3 is 0 Å². The highest BCUT2D eigenvalue weighted by Crippen LogP contribution is 2.25. The van der Waals surface area contributed by atoms with Crippen molar-refractivity contribution in [1.29, 1.82) is 0 Å². The van der Waals surface area contributed by atoms with Crippen molar-refractivity contribution in [3.05, 3.63) is 47.8 Å². The van der Waals surface area contributed by atoms with Crippen LogP contribution in [0, 0.1) is 0 Å². The number of para-hydroxylation sites is 1. The van der Waals surface area contributed by atoms with E-state index in [1.54, 1.807) is 0 Å². The minimum absolute atomic E-state index is 0.552. The fourth-order valence-electron chi connectivity index (χ4n) is 3.21. The van der Waals surface area contributed by atoms with Gasteiger partial charge in [0.25, 0.3) is 0 Å². The van der Waals surface area contributed by atoms with Crippen LogP contribution in [0.2, 0.25) is 0 Å². The average molecular weight is 284 g/mol. The summed E-state index contributed by atoms with van der Waals surface area (Å²) in [6.07, 6.45) is 2.93. The Labute approximate surface area is 127 Å². The van der Waals surface area contributed by atoms with Crippen LogP contribution in [0.5, 0.6) is 0 Å². The minimum Gasteiger partial charge on any atom is -0.373 e. The Bertz CT molecular complexity index is 604. The van der Waals surface area contributed by atoms with Crippen LogP contribution in [0.1, 0.15) is 18.2 Å². The molecule has 2 aromatic rings. The lowest BCUT2D eigenvalue weighted by Gasteiger charge is -2.28. The Morgan fingerprint density at radius 1 is 1.19 bits per heavy atom. The normalized spacial score (nSPS) is 19.4. The SMILES string of the molecule is CC1CN(C)c2ccccc2CN1CCc1ccnn1C. The number of rotatable bonds is 3. The van der Waals surface area contributed by atoms with Crippen LogP contribution in [-0.2, 0) is 20.0 Å². The van der Waals surface area contributed by atoms with E-state index in [0.717, 1.165) is 26.1 Å². The van der Waals surface area contributed by atoms with Gasteiger partial charge in [-0.05, 0) is 24.6 Å². The first kappa shape index (κ1) is 14.1. The number of nitrogens with zero attached hydrogens (tertiary/aromatic N) is 4. The standard InChI is InChI=1S/C17H24N4/c1-14-12-19(2)17-7-5-4-6-15(17)13-21(14)11-9-16-8-10-18-20(16)3/h4-8,10,14H,9,11-13H2,1-3H3. The van der Waals surface area contributed by atoms with Crippen molar-refractivity contribution in [3.63, 3.8) is 0 Å². The van der Waals surface area contributed by atoms with Crippen molar-refractivity contribution in [2.75, 3.05) is 25.0 Å². The zero-order valence-corrected chi connectivity index (χ0v) is 13.2. The van der Waals surface area contributed by atoms with Gasteiger partial charge in [-0.15, -0.1) is 0 Å². The number of fused-ring (bicyclic) bond motifs is 1. The quantitative estimate of drug-likeness (QED) is 0.864. The van der Waals surface area contributed by atoms with Gasteiger partial charge in [0.1, 0.15) is 0 Å². The molecule has 1 aliphatic heterocycles. The highest BCUT2D eigenvalue weighted by molar-refractivity contribution is 5.53. The monoisotopic (exact) mass is 284 g/mol. The molecule has 1 aliphatic rings. The summed E-state index contributed by atoms with van der Waals surface area (Å²) in [7, 11) is 4.21. The molecule has 21 heavy (non-hydrogen) atoms.